The molecule has 1 aliphatic heterocycles. The van der Waals surface area contributed by atoms with Gasteiger partial charge in [0.15, 0.2) is 0 Å². The highest BCUT2D eigenvalue weighted by atomic mass is 79.9. The highest BCUT2D eigenvalue weighted by molar-refractivity contribution is 9.11. The fraction of sp³-hybridized carbons (Fsp3) is 0.188. The largest absolute Gasteiger partial charge is 0.334 e. The topological polar surface area (TPSA) is 20.3 Å². The Morgan fingerprint density at radius 1 is 1.05 bits per heavy atom. The molecular formula is C16H13Br2NO. The molecular weight excluding hydrogens is 382 g/mol. The molecule has 102 valence electrons. The molecule has 3 rings (SSSR count). The highest BCUT2D eigenvalue weighted by Crippen LogP contribution is 2.25. The van der Waals surface area contributed by atoms with Crippen molar-refractivity contribution in [2.75, 3.05) is 6.54 Å². The maximum atomic E-state index is 12.7. The quantitative estimate of drug-likeness (QED) is 0.701. The first-order valence-electron chi connectivity index (χ1n) is 6.46. The van der Waals surface area contributed by atoms with Gasteiger partial charge in [-0.05, 0) is 51.7 Å². The molecule has 0 fully saturated rings. The van der Waals surface area contributed by atoms with Crippen molar-refractivity contribution in [3.63, 3.8) is 0 Å². The van der Waals surface area contributed by atoms with E-state index in [4.69, 9.17) is 0 Å². The van der Waals surface area contributed by atoms with E-state index in [9.17, 15) is 4.79 Å². The van der Waals surface area contributed by atoms with Gasteiger partial charge in [0.25, 0.3) is 5.91 Å². The molecule has 0 saturated heterocycles. The van der Waals surface area contributed by atoms with Crippen LogP contribution in [-0.2, 0) is 13.0 Å². The molecule has 0 aromatic heterocycles. The Morgan fingerprint density at radius 2 is 1.80 bits per heavy atom. The van der Waals surface area contributed by atoms with Crippen molar-refractivity contribution in [3.05, 3.63) is 68.1 Å². The predicted molar refractivity (Wildman–Crippen MR) is 86.7 cm³/mol. The number of hydrogen-bond donors (Lipinski definition) is 0. The monoisotopic (exact) mass is 393 g/mol. The van der Waals surface area contributed by atoms with Gasteiger partial charge in [-0.1, -0.05) is 40.2 Å². The maximum Gasteiger partial charge on any atom is 0.255 e. The molecule has 1 heterocycles. The van der Waals surface area contributed by atoms with Crippen molar-refractivity contribution < 1.29 is 4.79 Å². The summed E-state index contributed by atoms with van der Waals surface area (Å²) in [6.07, 6.45) is 0.924. The summed E-state index contributed by atoms with van der Waals surface area (Å²) < 4.78 is 1.76. The molecule has 4 heteroatoms. The lowest BCUT2D eigenvalue weighted by molar-refractivity contribution is 0.0733. The van der Waals surface area contributed by atoms with Crippen LogP contribution in [0.5, 0.6) is 0 Å². The Kier molecular flexibility index (Phi) is 3.94. The normalized spacial score (nSPS) is 14.0. The van der Waals surface area contributed by atoms with E-state index < -0.39 is 0 Å². The summed E-state index contributed by atoms with van der Waals surface area (Å²) in [4.78, 5) is 14.6. The number of nitrogens with zero attached hydrogens (tertiary/aromatic N) is 1. The van der Waals surface area contributed by atoms with E-state index in [0.717, 1.165) is 21.9 Å². The van der Waals surface area contributed by atoms with Crippen LogP contribution in [0, 0.1) is 0 Å². The third kappa shape index (κ3) is 2.67. The van der Waals surface area contributed by atoms with Crippen LogP contribution in [-0.4, -0.2) is 17.4 Å². The van der Waals surface area contributed by atoms with Crippen LogP contribution in [0.2, 0.25) is 0 Å². The minimum atomic E-state index is 0.0766. The average Bonchev–Trinajstić information content (AvgIpc) is 2.48. The minimum absolute atomic E-state index is 0.0766. The van der Waals surface area contributed by atoms with Crippen LogP contribution in [0.1, 0.15) is 21.5 Å². The third-order valence-electron chi connectivity index (χ3n) is 3.58. The Balaban J connectivity index is 1.88. The van der Waals surface area contributed by atoms with Gasteiger partial charge in [-0.15, -0.1) is 0 Å². The fourth-order valence-corrected chi connectivity index (χ4v) is 3.28. The molecule has 0 radical (unpaired) electrons. The second kappa shape index (κ2) is 5.70. The van der Waals surface area contributed by atoms with E-state index in [0.29, 0.717) is 12.1 Å². The number of carbonyl (C=O) groups excluding carboxylic acids is 1. The smallest absolute Gasteiger partial charge is 0.255 e. The number of carbonyl (C=O) groups is 1. The molecule has 0 N–H and O–H groups in total. The Hall–Kier alpha value is -1.13. The SMILES string of the molecule is O=C(c1cc(Br)ccc1Br)N1CCc2ccccc2C1. The van der Waals surface area contributed by atoms with Crippen molar-refractivity contribution >= 4 is 37.8 Å². The van der Waals surface area contributed by atoms with Gasteiger partial charge >= 0.3 is 0 Å². The summed E-state index contributed by atoms with van der Waals surface area (Å²) in [5.41, 5.74) is 3.31. The summed E-state index contributed by atoms with van der Waals surface area (Å²) in [6.45, 7) is 1.46. The number of amides is 1. The summed E-state index contributed by atoms with van der Waals surface area (Å²) >= 11 is 6.88. The fourth-order valence-electron chi connectivity index (χ4n) is 2.50. The molecule has 0 aliphatic carbocycles. The van der Waals surface area contributed by atoms with E-state index in [1.165, 1.54) is 11.1 Å². The van der Waals surface area contributed by atoms with Gasteiger partial charge in [0, 0.05) is 22.0 Å². The van der Waals surface area contributed by atoms with Crippen molar-refractivity contribution in [1.29, 1.82) is 0 Å². The van der Waals surface area contributed by atoms with Gasteiger partial charge < -0.3 is 4.90 Å². The van der Waals surface area contributed by atoms with Gasteiger partial charge in [0.05, 0.1) is 5.56 Å². The van der Waals surface area contributed by atoms with Crippen LogP contribution in [0.15, 0.2) is 51.4 Å². The van der Waals surface area contributed by atoms with Crippen LogP contribution < -0.4 is 0 Å². The number of hydrogen-bond acceptors (Lipinski definition) is 1. The first kappa shape index (κ1) is 13.8. The van der Waals surface area contributed by atoms with Crippen LogP contribution in [0.25, 0.3) is 0 Å². The van der Waals surface area contributed by atoms with Crippen molar-refractivity contribution in [3.8, 4) is 0 Å². The molecule has 0 saturated carbocycles. The Morgan fingerprint density at radius 3 is 2.60 bits per heavy atom. The van der Waals surface area contributed by atoms with Crippen LogP contribution in [0.3, 0.4) is 0 Å². The van der Waals surface area contributed by atoms with E-state index in [-0.39, 0.29) is 5.91 Å². The summed E-state index contributed by atoms with van der Waals surface area (Å²) in [6, 6.07) is 14.0. The number of benzene rings is 2. The standard InChI is InChI=1S/C16H13Br2NO/c17-13-5-6-15(18)14(9-13)16(20)19-8-7-11-3-1-2-4-12(11)10-19/h1-6,9H,7-8,10H2. The van der Waals surface area contributed by atoms with Gasteiger partial charge in [-0.3, -0.25) is 4.79 Å². The molecule has 2 nitrogen and oxygen atoms in total. The predicted octanol–water partition coefficient (Wildman–Crippen LogP) is 4.41. The van der Waals surface area contributed by atoms with E-state index in [1.807, 2.05) is 29.2 Å². The average molecular weight is 395 g/mol. The zero-order valence-corrected chi connectivity index (χ0v) is 13.9. The summed E-state index contributed by atoms with van der Waals surface area (Å²) in [5, 5.41) is 0. The third-order valence-corrected chi connectivity index (χ3v) is 4.76. The van der Waals surface area contributed by atoms with Gasteiger partial charge in [0.2, 0.25) is 0 Å². The number of halogens is 2. The summed E-state index contributed by atoms with van der Waals surface area (Å²) in [5.74, 6) is 0.0766. The van der Waals surface area contributed by atoms with E-state index in [2.05, 4.69) is 50.1 Å². The first-order valence-corrected chi connectivity index (χ1v) is 8.05. The van der Waals surface area contributed by atoms with E-state index >= 15 is 0 Å². The molecule has 2 aromatic rings. The minimum Gasteiger partial charge on any atom is -0.334 e. The molecule has 20 heavy (non-hydrogen) atoms. The lowest BCUT2D eigenvalue weighted by Gasteiger charge is -2.29. The van der Waals surface area contributed by atoms with Gasteiger partial charge in [0.1, 0.15) is 0 Å². The molecule has 1 aliphatic rings. The van der Waals surface area contributed by atoms with Crippen LogP contribution in [0.4, 0.5) is 0 Å². The zero-order chi connectivity index (χ0) is 14.1. The Bertz CT molecular complexity index is 669. The molecule has 0 unspecified atom stereocenters. The lowest BCUT2D eigenvalue weighted by Crippen LogP contribution is -2.36. The van der Waals surface area contributed by atoms with Crippen molar-refractivity contribution in [2.24, 2.45) is 0 Å². The second-order valence-electron chi connectivity index (χ2n) is 4.87. The van der Waals surface area contributed by atoms with Crippen molar-refractivity contribution in [2.45, 2.75) is 13.0 Å². The molecule has 1 amide bonds. The molecule has 0 atom stereocenters. The highest BCUT2D eigenvalue weighted by Gasteiger charge is 2.23. The maximum absolute atomic E-state index is 12.7. The number of rotatable bonds is 1. The Labute approximate surface area is 135 Å². The van der Waals surface area contributed by atoms with Crippen LogP contribution >= 0.6 is 31.9 Å². The molecule has 0 bridgehead atoms. The first-order chi connectivity index (χ1) is 9.65. The number of fused-ring (bicyclic) bond motifs is 1. The molecule has 0 spiro atoms. The summed E-state index contributed by atoms with van der Waals surface area (Å²) in [7, 11) is 0. The second-order valence-corrected chi connectivity index (χ2v) is 6.64. The van der Waals surface area contributed by atoms with E-state index in [1.54, 1.807) is 0 Å². The zero-order valence-electron chi connectivity index (χ0n) is 10.8. The van der Waals surface area contributed by atoms with Gasteiger partial charge in [-0.25, -0.2) is 0 Å². The van der Waals surface area contributed by atoms with Crippen molar-refractivity contribution in [1.82, 2.24) is 4.90 Å². The molecule has 2 aromatic carbocycles. The lowest BCUT2D eigenvalue weighted by atomic mass is 9.99. The van der Waals surface area contributed by atoms with Gasteiger partial charge in [-0.2, -0.15) is 0 Å².